The standard InChI is InChI=1S/C17H19N3O2S/c1-10-6-7-13(12(8-10)16(18)21)20-17(22)15-14(19-9-23-15)11-4-2-3-5-11/h6-9,11H,2-5H2,1H3,(H2,18,21)(H,20,22). The van der Waals surface area contributed by atoms with E-state index in [-0.39, 0.29) is 5.91 Å². The molecule has 1 aliphatic carbocycles. The van der Waals surface area contributed by atoms with Gasteiger partial charge in [-0.05, 0) is 31.9 Å². The number of amides is 2. The normalized spacial score (nSPS) is 14.8. The van der Waals surface area contributed by atoms with Crippen molar-refractivity contribution in [3.05, 3.63) is 45.4 Å². The number of rotatable bonds is 4. The van der Waals surface area contributed by atoms with Gasteiger partial charge in [0, 0.05) is 5.92 Å². The van der Waals surface area contributed by atoms with Crippen molar-refractivity contribution < 1.29 is 9.59 Å². The number of carbonyl (C=O) groups is 2. The molecule has 6 heteroatoms. The molecule has 1 aromatic carbocycles. The molecule has 0 radical (unpaired) electrons. The predicted octanol–water partition coefficient (Wildman–Crippen LogP) is 3.46. The molecule has 1 heterocycles. The minimum Gasteiger partial charge on any atom is -0.366 e. The number of nitrogens with one attached hydrogen (secondary N) is 1. The van der Waals surface area contributed by atoms with Crippen LogP contribution in [0.5, 0.6) is 0 Å². The molecule has 23 heavy (non-hydrogen) atoms. The van der Waals surface area contributed by atoms with Crippen LogP contribution in [0.4, 0.5) is 5.69 Å². The summed E-state index contributed by atoms with van der Waals surface area (Å²) >= 11 is 1.34. The Balaban J connectivity index is 1.86. The van der Waals surface area contributed by atoms with Crippen LogP contribution in [0, 0.1) is 6.92 Å². The third-order valence-electron chi connectivity index (χ3n) is 4.23. The van der Waals surface area contributed by atoms with Crippen LogP contribution in [-0.4, -0.2) is 16.8 Å². The molecular formula is C17H19N3O2S. The van der Waals surface area contributed by atoms with E-state index in [2.05, 4.69) is 10.3 Å². The van der Waals surface area contributed by atoms with Gasteiger partial charge in [0.2, 0.25) is 0 Å². The lowest BCUT2D eigenvalue weighted by molar-refractivity contribution is 0.100. The highest BCUT2D eigenvalue weighted by Gasteiger charge is 2.25. The molecule has 1 fully saturated rings. The lowest BCUT2D eigenvalue weighted by Crippen LogP contribution is -2.19. The summed E-state index contributed by atoms with van der Waals surface area (Å²) < 4.78 is 0. The van der Waals surface area contributed by atoms with Gasteiger partial charge in [0.25, 0.3) is 11.8 Å². The molecule has 2 amide bonds. The Hall–Kier alpha value is -2.21. The number of aromatic nitrogens is 1. The molecule has 0 spiro atoms. The van der Waals surface area contributed by atoms with Gasteiger partial charge in [-0.1, -0.05) is 24.5 Å². The van der Waals surface area contributed by atoms with Gasteiger partial charge in [-0.2, -0.15) is 0 Å². The Morgan fingerprint density at radius 2 is 2.04 bits per heavy atom. The van der Waals surface area contributed by atoms with Crippen molar-refractivity contribution in [1.82, 2.24) is 4.98 Å². The van der Waals surface area contributed by atoms with Crippen LogP contribution in [0.25, 0.3) is 0 Å². The molecule has 0 unspecified atom stereocenters. The van der Waals surface area contributed by atoms with Crippen LogP contribution >= 0.6 is 11.3 Å². The number of hydrogen-bond donors (Lipinski definition) is 2. The van der Waals surface area contributed by atoms with Crippen molar-refractivity contribution in [2.75, 3.05) is 5.32 Å². The SMILES string of the molecule is Cc1ccc(NC(=O)c2scnc2C2CCCC2)c(C(N)=O)c1. The maximum absolute atomic E-state index is 12.6. The Bertz CT molecular complexity index is 748. The predicted molar refractivity (Wildman–Crippen MR) is 91.0 cm³/mol. The zero-order valence-electron chi connectivity index (χ0n) is 13.0. The van der Waals surface area contributed by atoms with Gasteiger partial charge < -0.3 is 11.1 Å². The Morgan fingerprint density at radius 3 is 2.74 bits per heavy atom. The van der Waals surface area contributed by atoms with Crippen molar-refractivity contribution >= 4 is 28.8 Å². The minimum absolute atomic E-state index is 0.222. The van der Waals surface area contributed by atoms with Gasteiger partial charge in [0.15, 0.2) is 0 Å². The second-order valence-corrected chi connectivity index (χ2v) is 6.77. The maximum atomic E-state index is 12.6. The fraction of sp³-hybridized carbons (Fsp3) is 0.353. The van der Waals surface area contributed by atoms with E-state index in [4.69, 9.17) is 5.73 Å². The summed E-state index contributed by atoms with van der Waals surface area (Å²) in [6.45, 7) is 1.87. The van der Waals surface area contributed by atoms with E-state index in [1.807, 2.05) is 13.0 Å². The van der Waals surface area contributed by atoms with Gasteiger partial charge in [-0.3, -0.25) is 9.59 Å². The summed E-state index contributed by atoms with van der Waals surface area (Å²) in [6.07, 6.45) is 4.54. The van der Waals surface area contributed by atoms with E-state index in [9.17, 15) is 9.59 Å². The van der Waals surface area contributed by atoms with Gasteiger partial charge in [0.1, 0.15) is 4.88 Å². The quantitative estimate of drug-likeness (QED) is 0.900. The van der Waals surface area contributed by atoms with Crippen LogP contribution < -0.4 is 11.1 Å². The number of carbonyl (C=O) groups excluding carboxylic acids is 2. The van der Waals surface area contributed by atoms with E-state index >= 15 is 0 Å². The van der Waals surface area contributed by atoms with E-state index < -0.39 is 5.91 Å². The summed E-state index contributed by atoms with van der Waals surface area (Å²) in [7, 11) is 0. The van der Waals surface area contributed by atoms with E-state index in [1.165, 1.54) is 24.2 Å². The summed E-state index contributed by atoms with van der Waals surface area (Å²) in [5, 5.41) is 2.82. The first-order valence-electron chi connectivity index (χ1n) is 7.71. The highest BCUT2D eigenvalue weighted by molar-refractivity contribution is 7.12. The monoisotopic (exact) mass is 329 g/mol. The summed E-state index contributed by atoms with van der Waals surface area (Å²) in [5.74, 6) is -0.402. The zero-order valence-corrected chi connectivity index (χ0v) is 13.8. The number of hydrogen-bond acceptors (Lipinski definition) is 4. The Morgan fingerprint density at radius 1 is 1.30 bits per heavy atom. The van der Waals surface area contributed by atoms with E-state index in [1.54, 1.807) is 17.6 Å². The van der Waals surface area contributed by atoms with Crippen LogP contribution in [0.2, 0.25) is 0 Å². The van der Waals surface area contributed by atoms with E-state index in [0.717, 1.165) is 24.1 Å². The molecule has 1 aliphatic rings. The average Bonchev–Trinajstić information content (AvgIpc) is 3.19. The summed E-state index contributed by atoms with van der Waals surface area (Å²) in [4.78, 5) is 29.2. The molecule has 1 saturated carbocycles. The molecule has 1 aromatic heterocycles. The van der Waals surface area contributed by atoms with E-state index in [0.29, 0.717) is 22.0 Å². The second kappa shape index (κ2) is 6.50. The molecule has 3 rings (SSSR count). The van der Waals surface area contributed by atoms with Crippen LogP contribution in [0.3, 0.4) is 0 Å². The molecule has 5 nitrogen and oxygen atoms in total. The number of nitrogens with two attached hydrogens (primary N) is 1. The highest BCUT2D eigenvalue weighted by Crippen LogP contribution is 2.36. The molecule has 120 valence electrons. The minimum atomic E-state index is -0.552. The van der Waals surface area contributed by atoms with Gasteiger partial charge in [-0.25, -0.2) is 4.98 Å². The third kappa shape index (κ3) is 3.27. The van der Waals surface area contributed by atoms with Crippen LogP contribution in [0.15, 0.2) is 23.7 Å². The second-order valence-electron chi connectivity index (χ2n) is 5.92. The first-order chi connectivity index (χ1) is 11.1. The number of anilines is 1. The largest absolute Gasteiger partial charge is 0.366 e. The summed E-state index contributed by atoms with van der Waals surface area (Å²) in [5.41, 5.74) is 9.69. The number of benzene rings is 1. The first kappa shape index (κ1) is 15.7. The molecule has 0 saturated heterocycles. The molecule has 3 N–H and O–H groups in total. The summed E-state index contributed by atoms with van der Waals surface area (Å²) in [6, 6.07) is 5.23. The lowest BCUT2D eigenvalue weighted by atomic mass is 10.0. The number of aryl methyl sites for hydroxylation is 1. The lowest BCUT2D eigenvalue weighted by Gasteiger charge is -2.11. The fourth-order valence-electron chi connectivity index (χ4n) is 3.06. The molecule has 0 aliphatic heterocycles. The maximum Gasteiger partial charge on any atom is 0.267 e. The smallest absolute Gasteiger partial charge is 0.267 e. The molecule has 0 bridgehead atoms. The topological polar surface area (TPSA) is 85.1 Å². The van der Waals surface area contributed by atoms with Crippen LogP contribution in [0.1, 0.15) is 62.9 Å². The molecule has 2 aromatic rings. The fourth-order valence-corrected chi connectivity index (χ4v) is 3.83. The zero-order chi connectivity index (χ0) is 16.4. The van der Waals surface area contributed by atoms with Gasteiger partial charge >= 0.3 is 0 Å². The number of primary amides is 1. The van der Waals surface area contributed by atoms with Gasteiger partial charge in [0.05, 0.1) is 22.5 Å². The Kier molecular flexibility index (Phi) is 4.43. The molecular weight excluding hydrogens is 310 g/mol. The van der Waals surface area contributed by atoms with Crippen molar-refractivity contribution in [2.24, 2.45) is 5.73 Å². The average molecular weight is 329 g/mol. The first-order valence-corrected chi connectivity index (χ1v) is 8.59. The van der Waals surface area contributed by atoms with Crippen molar-refractivity contribution in [3.63, 3.8) is 0 Å². The Labute approximate surface area is 138 Å². The van der Waals surface area contributed by atoms with Gasteiger partial charge in [-0.15, -0.1) is 11.3 Å². The molecule has 0 atom stereocenters. The highest BCUT2D eigenvalue weighted by atomic mass is 32.1. The van der Waals surface area contributed by atoms with Crippen LogP contribution in [-0.2, 0) is 0 Å². The number of thiazole rings is 1. The number of nitrogens with zero attached hydrogens (tertiary/aromatic N) is 1. The van der Waals surface area contributed by atoms with Crippen molar-refractivity contribution in [2.45, 2.75) is 38.5 Å². The van der Waals surface area contributed by atoms with Crippen molar-refractivity contribution in [1.29, 1.82) is 0 Å². The third-order valence-corrected chi connectivity index (χ3v) is 5.07. The van der Waals surface area contributed by atoms with Crippen molar-refractivity contribution in [3.8, 4) is 0 Å².